The summed E-state index contributed by atoms with van der Waals surface area (Å²) in [5, 5.41) is 2.65. The van der Waals surface area contributed by atoms with Crippen LogP contribution in [-0.2, 0) is 9.53 Å². The van der Waals surface area contributed by atoms with E-state index in [1.807, 2.05) is 0 Å². The van der Waals surface area contributed by atoms with Gasteiger partial charge >= 0.3 is 0 Å². The molecular weight excluding hydrogens is 302 g/mol. The zero-order valence-corrected chi connectivity index (χ0v) is 11.9. The molecule has 0 spiro atoms. The van der Waals surface area contributed by atoms with E-state index < -0.39 is 0 Å². The summed E-state index contributed by atoms with van der Waals surface area (Å²) in [6, 6.07) is 1.67. The van der Waals surface area contributed by atoms with Gasteiger partial charge in [-0.05, 0) is 22.0 Å². The molecule has 2 amide bonds. The van der Waals surface area contributed by atoms with E-state index in [0.29, 0.717) is 18.8 Å². The summed E-state index contributed by atoms with van der Waals surface area (Å²) in [7, 11) is 3.14. The van der Waals surface area contributed by atoms with Gasteiger partial charge in [0.2, 0.25) is 5.91 Å². The lowest BCUT2D eigenvalue weighted by Crippen LogP contribution is -2.39. The molecule has 18 heavy (non-hydrogen) atoms. The highest BCUT2D eigenvalue weighted by Crippen LogP contribution is 2.11. The molecule has 6 nitrogen and oxygen atoms in total. The Balaban J connectivity index is 2.42. The Labute approximate surface area is 114 Å². The van der Waals surface area contributed by atoms with E-state index in [-0.39, 0.29) is 18.4 Å². The molecule has 1 heterocycles. The fourth-order valence-corrected chi connectivity index (χ4v) is 1.68. The predicted molar refractivity (Wildman–Crippen MR) is 70.3 cm³/mol. The Morgan fingerprint density at radius 3 is 2.83 bits per heavy atom. The Hall–Kier alpha value is -1.34. The summed E-state index contributed by atoms with van der Waals surface area (Å²) in [5.74, 6) is -0.448. The summed E-state index contributed by atoms with van der Waals surface area (Å²) >= 11 is 3.25. The smallest absolute Gasteiger partial charge is 0.270 e. The molecule has 1 aromatic heterocycles. The number of nitrogens with zero attached hydrogens (tertiary/aromatic N) is 1. The molecule has 0 bridgehead atoms. The van der Waals surface area contributed by atoms with Crippen LogP contribution < -0.4 is 5.32 Å². The maximum atomic E-state index is 11.9. The molecule has 0 fully saturated rings. The first kappa shape index (κ1) is 14.7. The molecule has 0 aliphatic rings. The quantitative estimate of drug-likeness (QED) is 0.755. The number of aromatic nitrogens is 1. The van der Waals surface area contributed by atoms with Crippen molar-refractivity contribution < 1.29 is 14.3 Å². The molecule has 2 N–H and O–H groups in total. The summed E-state index contributed by atoms with van der Waals surface area (Å²) in [4.78, 5) is 27.6. The number of aromatic amines is 1. The number of likely N-dealkylation sites (N-methyl/N-ethyl adjacent to an activating group) is 1. The van der Waals surface area contributed by atoms with E-state index in [1.54, 1.807) is 26.4 Å². The highest BCUT2D eigenvalue weighted by Gasteiger charge is 2.15. The molecule has 1 rings (SSSR count). The van der Waals surface area contributed by atoms with Gasteiger partial charge in [0.1, 0.15) is 5.69 Å². The second-order valence-corrected chi connectivity index (χ2v) is 4.65. The number of methoxy groups -OCH3 is 1. The van der Waals surface area contributed by atoms with Gasteiger partial charge in [-0.3, -0.25) is 9.59 Å². The van der Waals surface area contributed by atoms with Gasteiger partial charge in [0.15, 0.2) is 0 Å². The van der Waals surface area contributed by atoms with E-state index in [9.17, 15) is 9.59 Å². The number of hydrogen-bond acceptors (Lipinski definition) is 3. The van der Waals surface area contributed by atoms with Gasteiger partial charge in [0, 0.05) is 31.4 Å². The second-order valence-electron chi connectivity index (χ2n) is 3.74. The van der Waals surface area contributed by atoms with Crippen LogP contribution in [0.3, 0.4) is 0 Å². The SMILES string of the molecule is COCCNC(=O)CN(C)C(=O)c1cc(Br)c[nH]1. The van der Waals surface area contributed by atoms with Crippen molar-refractivity contribution in [2.24, 2.45) is 0 Å². The molecule has 0 aliphatic carbocycles. The Bertz CT molecular complexity index is 419. The van der Waals surface area contributed by atoms with Crippen LogP contribution in [0.25, 0.3) is 0 Å². The van der Waals surface area contributed by atoms with Gasteiger partial charge in [0.05, 0.1) is 13.2 Å². The fourth-order valence-electron chi connectivity index (χ4n) is 1.33. The third-order valence-corrected chi connectivity index (χ3v) is 2.69. The lowest BCUT2D eigenvalue weighted by molar-refractivity contribution is -0.121. The van der Waals surface area contributed by atoms with Gasteiger partial charge in [-0.25, -0.2) is 0 Å². The molecular formula is C11H16BrN3O3. The van der Waals surface area contributed by atoms with Crippen LogP contribution in [0.15, 0.2) is 16.7 Å². The second kappa shape index (κ2) is 7.17. The van der Waals surface area contributed by atoms with Crippen LogP contribution >= 0.6 is 15.9 Å². The summed E-state index contributed by atoms with van der Waals surface area (Å²) in [6.07, 6.45) is 1.67. The Morgan fingerprint density at radius 2 is 2.28 bits per heavy atom. The van der Waals surface area contributed by atoms with Crippen molar-refractivity contribution in [1.82, 2.24) is 15.2 Å². The van der Waals surface area contributed by atoms with Gasteiger partial charge < -0.3 is 19.9 Å². The lowest BCUT2D eigenvalue weighted by Gasteiger charge is -2.15. The van der Waals surface area contributed by atoms with Gasteiger partial charge in [-0.1, -0.05) is 0 Å². The van der Waals surface area contributed by atoms with Crippen molar-refractivity contribution in [3.63, 3.8) is 0 Å². The zero-order valence-electron chi connectivity index (χ0n) is 10.3. The third kappa shape index (κ3) is 4.50. The zero-order chi connectivity index (χ0) is 13.5. The number of hydrogen-bond donors (Lipinski definition) is 2. The van der Waals surface area contributed by atoms with Crippen LogP contribution in [0.5, 0.6) is 0 Å². The number of nitrogens with one attached hydrogen (secondary N) is 2. The molecule has 0 aliphatic heterocycles. The third-order valence-electron chi connectivity index (χ3n) is 2.23. The fraction of sp³-hybridized carbons (Fsp3) is 0.455. The standard InChI is InChI=1S/C11H16BrN3O3/c1-15(7-10(16)13-3-4-18-2)11(17)9-5-8(12)6-14-9/h5-6,14H,3-4,7H2,1-2H3,(H,13,16). The number of halogens is 1. The minimum atomic E-state index is -0.234. The van der Waals surface area contributed by atoms with Crippen molar-refractivity contribution in [2.75, 3.05) is 33.9 Å². The topological polar surface area (TPSA) is 74.4 Å². The number of carbonyl (C=O) groups excluding carboxylic acids is 2. The Morgan fingerprint density at radius 1 is 1.56 bits per heavy atom. The highest BCUT2D eigenvalue weighted by atomic mass is 79.9. The van der Waals surface area contributed by atoms with Crippen LogP contribution in [0, 0.1) is 0 Å². The van der Waals surface area contributed by atoms with Crippen LogP contribution in [0.1, 0.15) is 10.5 Å². The van der Waals surface area contributed by atoms with E-state index in [1.165, 1.54) is 4.90 Å². The van der Waals surface area contributed by atoms with Gasteiger partial charge in [-0.15, -0.1) is 0 Å². The molecule has 0 atom stereocenters. The van der Waals surface area contributed by atoms with Gasteiger partial charge in [-0.2, -0.15) is 0 Å². The van der Waals surface area contributed by atoms with E-state index >= 15 is 0 Å². The number of carbonyl (C=O) groups is 2. The molecule has 0 saturated heterocycles. The van der Waals surface area contributed by atoms with Crippen LogP contribution in [0.2, 0.25) is 0 Å². The van der Waals surface area contributed by atoms with Crippen molar-refractivity contribution in [3.8, 4) is 0 Å². The van der Waals surface area contributed by atoms with E-state index in [0.717, 1.165) is 4.47 Å². The van der Waals surface area contributed by atoms with Crippen LogP contribution in [0.4, 0.5) is 0 Å². The normalized spacial score (nSPS) is 10.2. The molecule has 0 radical (unpaired) electrons. The van der Waals surface area contributed by atoms with Crippen molar-refractivity contribution in [1.29, 1.82) is 0 Å². The molecule has 100 valence electrons. The minimum absolute atomic E-state index is 0.0131. The van der Waals surface area contributed by atoms with Gasteiger partial charge in [0.25, 0.3) is 5.91 Å². The number of amides is 2. The Kier molecular flexibility index (Phi) is 5.87. The number of ether oxygens (including phenoxy) is 1. The van der Waals surface area contributed by atoms with Crippen molar-refractivity contribution in [3.05, 3.63) is 22.4 Å². The average molecular weight is 318 g/mol. The number of rotatable bonds is 6. The number of H-pyrrole nitrogens is 1. The molecule has 0 aromatic carbocycles. The van der Waals surface area contributed by atoms with Crippen LogP contribution in [-0.4, -0.2) is 55.6 Å². The molecule has 0 saturated carbocycles. The molecule has 7 heteroatoms. The van der Waals surface area contributed by atoms with Crippen molar-refractivity contribution >= 4 is 27.7 Å². The monoisotopic (exact) mass is 317 g/mol. The minimum Gasteiger partial charge on any atom is -0.383 e. The summed E-state index contributed by atoms with van der Waals surface area (Å²) < 4.78 is 5.61. The molecule has 0 unspecified atom stereocenters. The largest absolute Gasteiger partial charge is 0.383 e. The van der Waals surface area contributed by atoms with E-state index in [4.69, 9.17) is 4.74 Å². The summed E-state index contributed by atoms with van der Waals surface area (Å²) in [5.41, 5.74) is 0.439. The van der Waals surface area contributed by atoms with E-state index in [2.05, 4.69) is 26.2 Å². The highest BCUT2D eigenvalue weighted by molar-refractivity contribution is 9.10. The predicted octanol–water partition coefficient (Wildman–Crippen LogP) is 0.612. The maximum Gasteiger partial charge on any atom is 0.270 e. The maximum absolute atomic E-state index is 11.9. The average Bonchev–Trinajstić information content (AvgIpc) is 2.75. The first-order valence-electron chi connectivity index (χ1n) is 5.39. The first-order chi connectivity index (χ1) is 8.54. The lowest BCUT2D eigenvalue weighted by atomic mass is 10.3. The first-order valence-corrected chi connectivity index (χ1v) is 6.19. The molecule has 1 aromatic rings. The van der Waals surface area contributed by atoms with Crippen molar-refractivity contribution in [2.45, 2.75) is 0 Å². The summed E-state index contributed by atoms with van der Waals surface area (Å²) in [6.45, 7) is 0.900.